The van der Waals surface area contributed by atoms with Crippen molar-refractivity contribution < 1.29 is 23.1 Å². The molecule has 1 N–H and O–H groups in total. The van der Waals surface area contributed by atoms with Crippen molar-refractivity contribution in [3.63, 3.8) is 0 Å². The summed E-state index contributed by atoms with van der Waals surface area (Å²) in [7, 11) is 0. The molecule has 0 spiro atoms. The van der Waals surface area contributed by atoms with E-state index in [1.807, 2.05) is 0 Å². The van der Waals surface area contributed by atoms with Crippen LogP contribution in [0.5, 0.6) is 5.75 Å². The number of carbonyl (C=O) groups excluding carboxylic acids is 1. The lowest BCUT2D eigenvalue weighted by Crippen LogP contribution is -2.04. The van der Waals surface area contributed by atoms with E-state index < -0.39 is 11.7 Å². The zero-order valence-corrected chi connectivity index (χ0v) is 9.61. The van der Waals surface area contributed by atoms with Gasteiger partial charge in [-0.3, -0.25) is 4.79 Å². The molecule has 0 heterocycles. The minimum Gasteiger partial charge on any atom is -0.507 e. The Bertz CT molecular complexity index is 618. The van der Waals surface area contributed by atoms with Gasteiger partial charge < -0.3 is 5.11 Å². The van der Waals surface area contributed by atoms with Gasteiger partial charge in [0.2, 0.25) is 0 Å². The number of alkyl halides is 3. The molecule has 0 saturated carbocycles. The maximum Gasteiger partial charge on any atom is 0.416 e. The van der Waals surface area contributed by atoms with Gasteiger partial charge in [-0.2, -0.15) is 13.2 Å². The summed E-state index contributed by atoms with van der Waals surface area (Å²) in [6.45, 7) is 0. The molecule has 0 aliphatic rings. The van der Waals surface area contributed by atoms with E-state index in [0.29, 0.717) is 6.29 Å². The van der Waals surface area contributed by atoms with Crippen LogP contribution in [0.3, 0.4) is 0 Å². The highest BCUT2D eigenvalue weighted by atomic mass is 19.4. The fourth-order valence-corrected chi connectivity index (χ4v) is 1.72. The molecule has 0 aliphatic heterocycles. The molecule has 0 radical (unpaired) electrons. The second kappa shape index (κ2) is 4.76. The molecular formula is C14H9F3O2. The van der Waals surface area contributed by atoms with Crippen molar-refractivity contribution >= 4 is 6.29 Å². The van der Waals surface area contributed by atoms with E-state index >= 15 is 0 Å². The van der Waals surface area contributed by atoms with Crippen molar-refractivity contribution in [3.8, 4) is 16.9 Å². The van der Waals surface area contributed by atoms with Crippen LogP contribution in [0.2, 0.25) is 0 Å². The van der Waals surface area contributed by atoms with Crippen LogP contribution in [-0.2, 0) is 6.18 Å². The number of phenolic OH excluding ortho intramolecular Hbond substituents is 1. The highest BCUT2D eigenvalue weighted by molar-refractivity contribution is 5.81. The molecule has 19 heavy (non-hydrogen) atoms. The van der Waals surface area contributed by atoms with E-state index in [0.717, 1.165) is 12.1 Å². The molecule has 98 valence electrons. The molecule has 2 aromatic carbocycles. The summed E-state index contributed by atoms with van der Waals surface area (Å²) in [6.07, 6.45) is -3.88. The number of phenols is 1. The predicted molar refractivity (Wildman–Crippen MR) is 63.9 cm³/mol. The molecule has 0 amide bonds. The molecule has 5 heteroatoms. The molecule has 0 bridgehead atoms. The monoisotopic (exact) mass is 266 g/mol. The summed E-state index contributed by atoms with van der Waals surface area (Å²) in [6, 6.07) is 8.59. The Morgan fingerprint density at radius 3 is 2.42 bits per heavy atom. The number of carbonyl (C=O) groups is 1. The van der Waals surface area contributed by atoms with Gasteiger partial charge in [0.05, 0.1) is 5.56 Å². The van der Waals surface area contributed by atoms with Gasteiger partial charge in [-0.1, -0.05) is 12.1 Å². The third-order valence-corrected chi connectivity index (χ3v) is 2.66. The molecule has 0 saturated heterocycles. The van der Waals surface area contributed by atoms with Gasteiger partial charge in [0, 0.05) is 11.1 Å². The normalized spacial score (nSPS) is 11.3. The van der Waals surface area contributed by atoms with Crippen molar-refractivity contribution in [2.45, 2.75) is 6.18 Å². The Labute approximate surface area is 107 Å². The number of hydrogen-bond acceptors (Lipinski definition) is 2. The van der Waals surface area contributed by atoms with Gasteiger partial charge in [-0.15, -0.1) is 0 Å². The van der Waals surface area contributed by atoms with Crippen LogP contribution < -0.4 is 0 Å². The number of benzene rings is 2. The summed E-state index contributed by atoms with van der Waals surface area (Å²) in [5.74, 6) is -0.176. The van der Waals surface area contributed by atoms with E-state index in [2.05, 4.69) is 0 Å². The molecule has 0 unspecified atom stereocenters. The van der Waals surface area contributed by atoms with Crippen LogP contribution in [0.1, 0.15) is 15.9 Å². The van der Waals surface area contributed by atoms with Crippen LogP contribution in [-0.4, -0.2) is 11.4 Å². The first kappa shape index (κ1) is 13.1. The van der Waals surface area contributed by atoms with Crippen LogP contribution in [0.4, 0.5) is 13.2 Å². The number of halogens is 3. The second-order valence-corrected chi connectivity index (χ2v) is 3.97. The average molecular weight is 266 g/mol. The van der Waals surface area contributed by atoms with E-state index in [-0.39, 0.29) is 22.4 Å². The Morgan fingerprint density at radius 2 is 1.79 bits per heavy atom. The maximum absolute atomic E-state index is 12.6. The summed E-state index contributed by atoms with van der Waals surface area (Å²) in [4.78, 5) is 10.7. The van der Waals surface area contributed by atoms with Crippen LogP contribution in [0.15, 0.2) is 42.5 Å². The first-order valence-electron chi connectivity index (χ1n) is 5.37. The van der Waals surface area contributed by atoms with Crippen molar-refractivity contribution in [3.05, 3.63) is 53.6 Å². The molecule has 2 nitrogen and oxygen atoms in total. The molecule has 2 aromatic rings. The fourth-order valence-electron chi connectivity index (χ4n) is 1.72. The average Bonchev–Trinajstić information content (AvgIpc) is 2.38. The number of hydrogen-bond donors (Lipinski definition) is 1. The summed E-state index contributed by atoms with van der Waals surface area (Å²) >= 11 is 0. The van der Waals surface area contributed by atoms with E-state index in [4.69, 9.17) is 0 Å². The van der Waals surface area contributed by atoms with Crippen LogP contribution >= 0.6 is 0 Å². The van der Waals surface area contributed by atoms with Crippen molar-refractivity contribution in [1.29, 1.82) is 0 Å². The van der Waals surface area contributed by atoms with Crippen molar-refractivity contribution in [1.82, 2.24) is 0 Å². The highest BCUT2D eigenvalue weighted by Crippen LogP contribution is 2.35. The first-order chi connectivity index (χ1) is 8.91. The Hall–Kier alpha value is -2.30. The molecule has 2 rings (SSSR count). The van der Waals surface area contributed by atoms with Crippen molar-refractivity contribution in [2.75, 3.05) is 0 Å². The molecule has 0 fully saturated rings. The predicted octanol–water partition coefficient (Wildman–Crippen LogP) is 3.89. The number of aromatic hydroxyl groups is 1. The Balaban J connectivity index is 2.56. The van der Waals surface area contributed by atoms with E-state index in [9.17, 15) is 23.1 Å². The smallest absolute Gasteiger partial charge is 0.416 e. The minimum atomic E-state index is -4.45. The number of rotatable bonds is 2. The summed E-state index contributed by atoms with van der Waals surface area (Å²) in [5, 5.41) is 9.68. The molecule has 0 aliphatic carbocycles. The quantitative estimate of drug-likeness (QED) is 0.837. The summed E-state index contributed by atoms with van der Waals surface area (Å²) < 4.78 is 37.8. The zero-order valence-electron chi connectivity index (χ0n) is 9.61. The zero-order chi connectivity index (χ0) is 14.0. The molecule has 0 aromatic heterocycles. The standard InChI is InChI=1S/C14H9F3O2/c15-14(16,17)11-3-1-2-10(7-11)12-6-9(8-18)4-5-13(12)19/h1-8,19H. The molecular weight excluding hydrogens is 257 g/mol. The third-order valence-electron chi connectivity index (χ3n) is 2.66. The maximum atomic E-state index is 12.6. The first-order valence-corrected chi connectivity index (χ1v) is 5.37. The van der Waals surface area contributed by atoms with E-state index in [1.165, 1.54) is 30.3 Å². The fraction of sp³-hybridized carbons (Fsp3) is 0.0714. The highest BCUT2D eigenvalue weighted by Gasteiger charge is 2.30. The topological polar surface area (TPSA) is 37.3 Å². The van der Waals surface area contributed by atoms with Gasteiger partial charge >= 0.3 is 6.18 Å². The Kier molecular flexibility index (Phi) is 3.29. The largest absolute Gasteiger partial charge is 0.507 e. The lowest BCUT2D eigenvalue weighted by atomic mass is 10.00. The van der Waals surface area contributed by atoms with Gasteiger partial charge in [-0.05, 0) is 35.9 Å². The Morgan fingerprint density at radius 1 is 1.05 bits per heavy atom. The number of aldehydes is 1. The van der Waals surface area contributed by atoms with Gasteiger partial charge in [0.15, 0.2) is 0 Å². The van der Waals surface area contributed by atoms with Gasteiger partial charge in [0.1, 0.15) is 12.0 Å². The van der Waals surface area contributed by atoms with Crippen LogP contribution in [0.25, 0.3) is 11.1 Å². The van der Waals surface area contributed by atoms with Gasteiger partial charge in [-0.25, -0.2) is 0 Å². The van der Waals surface area contributed by atoms with Gasteiger partial charge in [0.25, 0.3) is 0 Å². The lowest BCUT2D eigenvalue weighted by Gasteiger charge is -2.10. The molecule has 0 atom stereocenters. The van der Waals surface area contributed by atoms with E-state index in [1.54, 1.807) is 0 Å². The van der Waals surface area contributed by atoms with Crippen LogP contribution in [0, 0.1) is 0 Å². The van der Waals surface area contributed by atoms with Crippen molar-refractivity contribution in [2.24, 2.45) is 0 Å². The lowest BCUT2D eigenvalue weighted by molar-refractivity contribution is -0.137. The summed E-state index contributed by atoms with van der Waals surface area (Å²) in [5.41, 5.74) is -0.127. The minimum absolute atomic E-state index is 0.176. The second-order valence-electron chi connectivity index (χ2n) is 3.97. The SMILES string of the molecule is O=Cc1ccc(O)c(-c2cccc(C(F)(F)F)c2)c1. The third kappa shape index (κ3) is 2.76.